The summed E-state index contributed by atoms with van der Waals surface area (Å²) in [4.78, 5) is 36.9. The molecule has 7 heteroatoms. The lowest BCUT2D eigenvalue weighted by atomic mass is 9.67. The number of hydrogen-bond donors (Lipinski definition) is 3. The van der Waals surface area contributed by atoms with Gasteiger partial charge >= 0.3 is 5.97 Å². The Kier molecular flexibility index (Phi) is 2.95. The Hall–Kier alpha value is -3.24. The zero-order chi connectivity index (χ0) is 16.9. The van der Waals surface area contributed by atoms with E-state index in [9.17, 15) is 24.8 Å². The highest BCUT2D eigenvalue weighted by molar-refractivity contribution is 6.29. The summed E-state index contributed by atoms with van der Waals surface area (Å²) in [5.74, 6) is -2.61. The van der Waals surface area contributed by atoms with Crippen molar-refractivity contribution in [1.29, 1.82) is 5.26 Å². The molecule has 0 radical (unpaired) electrons. The number of nitriles is 1. The highest BCUT2D eigenvalue weighted by Crippen LogP contribution is 2.41. The van der Waals surface area contributed by atoms with Gasteiger partial charge in [0, 0.05) is 22.4 Å². The Morgan fingerprint density at radius 2 is 1.78 bits per heavy atom. The van der Waals surface area contributed by atoms with Crippen LogP contribution in [0.2, 0.25) is 0 Å². The molecule has 0 bridgehead atoms. The van der Waals surface area contributed by atoms with Gasteiger partial charge in [-0.2, -0.15) is 5.26 Å². The number of rotatable bonds is 1. The first-order chi connectivity index (χ1) is 10.8. The number of carboxylic acids is 1. The van der Waals surface area contributed by atoms with Gasteiger partial charge in [0.05, 0.1) is 17.7 Å². The second kappa shape index (κ2) is 4.63. The molecule has 7 nitrogen and oxygen atoms in total. The number of carboxylic acid groups (broad SMARTS) is 1. The van der Waals surface area contributed by atoms with Crippen LogP contribution in [0.25, 0.3) is 0 Å². The molecule has 23 heavy (non-hydrogen) atoms. The van der Waals surface area contributed by atoms with Crippen molar-refractivity contribution in [1.82, 2.24) is 0 Å². The van der Waals surface area contributed by atoms with Gasteiger partial charge in [-0.3, -0.25) is 14.4 Å². The van der Waals surface area contributed by atoms with Crippen LogP contribution < -0.4 is 11.5 Å². The van der Waals surface area contributed by atoms with Gasteiger partial charge in [-0.25, -0.2) is 0 Å². The van der Waals surface area contributed by atoms with E-state index in [1.54, 1.807) is 18.2 Å². The van der Waals surface area contributed by atoms with E-state index in [0.29, 0.717) is 0 Å². The lowest BCUT2D eigenvalue weighted by molar-refractivity contribution is -0.143. The minimum atomic E-state index is -2.19. The molecule has 0 spiro atoms. The number of benzene rings is 1. The molecule has 0 aromatic heterocycles. The van der Waals surface area contributed by atoms with Crippen LogP contribution in [0, 0.1) is 16.7 Å². The van der Waals surface area contributed by atoms with E-state index in [1.165, 1.54) is 12.1 Å². The minimum Gasteiger partial charge on any atom is -0.480 e. The van der Waals surface area contributed by atoms with E-state index in [2.05, 4.69) is 0 Å². The summed E-state index contributed by atoms with van der Waals surface area (Å²) in [6.45, 7) is 0. The summed E-state index contributed by atoms with van der Waals surface area (Å²) in [5.41, 5.74) is 9.28. The maximum absolute atomic E-state index is 12.7. The van der Waals surface area contributed by atoms with Crippen LogP contribution in [0.4, 0.5) is 0 Å². The van der Waals surface area contributed by atoms with Crippen molar-refractivity contribution in [2.75, 3.05) is 0 Å². The quantitative estimate of drug-likeness (QED) is 0.668. The molecule has 0 heterocycles. The highest BCUT2D eigenvalue weighted by atomic mass is 16.4. The molecule has 1 aromatic carbocycles. The zero-order valence-corrected chi connectivity index (χ0v) is 11.7. The summed E-state index contributed by atoms with van der Waals surface area (Å²) in [5, 5.41) is 18.7. The summed E-state index contributed by atoms with van der Waals surface area (Å²) in [6.07, 6.45) is 0.942. The normalized spacial score (nSPS) is 26.1. The number of aliphatic carboxylic acids is 1. The number of nitrogens with two attached hydrogens (primary N) is 2. The third-order valence-electron chi connectivity index (χ3n) is 4.17. The van der Waals surface area contributed by atoms with Crippen LogP contribution in [0.3, 0.4) is 0 Å². The molecule has 2 unspecified atom stereocenters. The molecule has 2 atom stereocenters. The molecule has 0 saturated heterocycles. The van der Waals surface area contributed by atoms with Gasteiger partial charge in [-0.15, -0.1) is 0 Å². The fraction of sp³-hybridized carbons (Fsp3) is 0.125. The summed E-state index contributed by atoms with van der Waals surface area (Å²) in [7, 11) is 0. The van der Waals surface area contributed by atoms with Crippen LogP contribution in [0.15, 0.2) is 47.2 Å². The van der Waals surface area contributed by atoms with Crippen molar-refractivity contribution < 1.29 is 19.5 Å². The fourth-order valence-electron chi connectivity index (χ4n) is 2.96. The topological polar surface area (TPSA) is 147 Å². The molecule has 2 aliphatic carbocycles. The molecule has 5 N–H and O–H groups in total. The van der Waals surface area contributed by atoms with Crippen LogP contribution >= 0.6 is 0 Å². The lowest BCUT2D eigenvalue weighted by Gasteiger charge is -2.35. The first-order valence-electron chi connectivity index (χ1n) is 6.66. The summed E-state index contributed by atoms with van der Waals surface area (Å²) in [6, 6.07) is 6.25. The van der Waals surface area contributed by atoms with Gasteiger partial charge in [-0.1, -0.05) is 24.3 Å². The van der Waals surface area contributed by atoms with Crippen LogP contribution in [-0.4, -0.2) is 28.7 Å². The number of fused-ring (bicyclic) bond motifs is 1. The van der Waals surface area contributed by atoms with Gasteiger partial charge in [0.15, 0.2) is 17.0 Å². The Morgan fingerprint density at radius 3 is 2.30 bits per heavy atom. The summed E-state index contributed by atoms with van der Waals surface area (Å²) < 4.78 is 0. The van der Waals surface area contributed by atoms with E-state index in [0.717, 1.165) is 6.08 Å². The number of nitrogens with zero attached hydrogens (tertiary/aromatic N) is 1. The molecule has 0 saturated carbocycles. The number of hydrogen-bond acceptors (Lipinski definition) is 6. The SMILES string of the molecule is N#CC1(C(=O)O)C=C(N)C2=C(C(=O)c3ccccc3C2=O)C1N. The maximum atomic E-state index is 12.7. The van der Waals surface area contributed by atoms with Gasteiger partial charge in [0.2, 0.25) is 0 Å². The summed E-state index contributed by atoms with van der Waals surface area (Å²) >= 11 is 0. The Labute approximate surface area is 130 Å². The average Bonchev–Trinajstić information content (AvgIpc) is 2.54. The van der Waals surface area contributed by atoms with Crippen molar-refractivity contribution in [2.24, 2.45) is 16.9 Å². The number of ketones is 2. The van der Waals surface area contributed by atoms with E-state index in [4.69, 9.17) is 11.5 Å². The lowest BCUT2D eigenvalue weighted by Crippen LogP contribution is -2.52. The zero-order valence-electron chi connectivity index (χ0n) is 11.7. The average molecular weight is 309 g/mol. The van der Waals surface area contributed by atoms with Crippen molar-refractivity contribution in [3.8, 4) is 6.07 Å². The number of allylic oxidation sites excluding steroid dienone is 1. The minimum absolute atomic E-state index is 0.117. The smallest absolute Gasteiger partial charge is 0.330 e. The first-order valence-corrected chi connectivity index (χ1v) is 6.66. The van der Waals surface area contributed by atoms with Gasteiger partial charge < -0.3 is 16.6 Å². The van der Waals surface area contributed by atoms with Gasteiger partial charge in [0.25, 0.3) is 0 Å². The third-order valence-corrected chi connectivity index (χ3v) is 4.17. The predicted octanol–water partition coefficient (Wildman–Crippen LogP) is 0.140. The van der Waals surface area contributed by atoms with Gasteiger partial charge in [0.1, 0.15) is 0 Å². The van der Waals surface area contributed by atoms with Crippen molar-refractivity contribution in [3.05, 3.63) is 58.3 Å². The largest absolute Gasteiger partial charge is 0.480 e. The van der Waals surface area contributed by atoms with Crippen molar-refractivity contribution in [2.45, 2.75) is 6.04 Å². The molecule has 1 aromatic rings. The fourth-order valence-corrected chi connectivity index (χ4v) is 2.96. The van der Waals surface area contributed by atoms with E-state index in [1.807, 2.05) is 0 Å². The Bertz CT molecular complexity index is 891. The molecule has 0 amide bonds. The maximum Gasteiger partial charge on any atom is 0.330 e. The molecule has 0 fully saturated rings. The van der Waals surface area contributed by atoms with E-state index >= 15 is 0 Å². The molecule has 114 valence electrons. The molecule has 0 aliphatic heterocycles. The predicted molar refractivity (Wildman–Crippen MR) is 78.1 cm³/mol. The Morgan fingerprint density at radius 1 is 1.22 bits per heavy atom. The third kappa shape index (κ3) is 1.69. The molecule has 2 aliphatic rings. The highest BCUT2D eigenvalue weighted by Gasteiger charge is 2.52. The monoisotopic (exact) mass is 309 g/mol. The van der Waals surface area contributed by atoms with Crippen LogP contribution in [-0.2, 0) is 4.79 Å². The standard InChI is InChI=1S/C16H11N3O4/c17-6-16(15(22)23)5-9(18)10-11(14(16)19)13(21)8-4-2-1-3-7(8)12(10)20/h1-5,14H,18-19H2,(H,22,23). The van der Waals surface area contributed by atoms with E-state index in [-0.39, 0.29) is 28.0 Å². The number of carbonyl (C=O) groups excluding carboxylic acids is 2. The van der Waals surface area contributed by atoms with Crippen molar-refractivity contribution in [3.63, 3.8) is 0 Å². The second-order valence-electron chi connectivity index (χ2n) is 5.36. The number of carbonyl (C=O) groups is 3. The molecule has 3 rings (SSSR count). The van der Waals surface area contributed by atoms with Crippen LogP contribution in [0.5, 0.6) is 0 Å². The molecular formula is C16H11N3O4. The first kappa shape index (κ1) is 14.7. The molecular weight excluding hydrogens is 298 g/mol. The Balaban J connectivity index is 2.31. The number of Topliss-reactive ketones (excluding diaryl/α,β-unsaturated/α-hetero) is 2. The van der Waals surface area contributed by atoms with E-state index < -0.39 is 29.0 Å². The second-order valence-corrected chi connectivity index (χ2v) is 5.36. The van der Waals surface area contributed by atoms with Gasteiger partial charge in [-0.05, 0) is 6.08 Å². The van der Waals surface area contributed by atoms with Crippen LogP contribution in [0.1, 0.15) is 20.7 Å². The van der Waals surface area contributed by atoms with Crippen molar-refractivity contribution >= 4 is 17.5 Å².